The first kappa shape index (κ1) is 42.5. The van der Waals surface area contributed by atoms with E-state index >= 15 is 0 Å². The van der Waals surface area contributed by atoms with Gasteiger partial charge in [0.2, 0.25) is 5.91 Å². The molecule has 1 aromatic heterocycles. The summed E-state index contributed by atoms with van der Waals surface area (Å²) in [5, 5.41) is 14.4. The molecule has 0 aliphatic rings. The van der Waals surface area contributed by atoms with Crippen LogP contribution in [0, 0.1) is 19.3 Å². The third-order valence-corrected chi connectivity index (χ3v) is 8.60. The number of aromatic amines is 1. The van der Waals surface area contributed by atoms with Gasteiger partial charge in [-0.15, -0.1) is 0 Å². The number of nitrogens with two attached hydrogens (primary N) is 1. The van der Waals surface area contributed by atoms with Crippen LogP contribution >= 0.6 is 0 Å². The Balaban J connectivity index is 2.04. The van der Waals surface area contributed by atoms with E-state index in [0.717, 1.165) is 73.6 Å². The van der Waals surface area contributed by atoms with Crippen molar-refractivity contribution in [3.8, 4) is 0 Å². The molecule has 51 heavy (non-hydrogen) atoms. The van der Waals surface area contributed by atoms with Crippen LogP contribution in [0.4, 0.5) is 5.69 Å². The second-order valence-electron chi connectivity index (χ2n) is 13.2. The molecule has 8 N–H and O–H groups in total. The number of aryl methyl sites for hydroxylation is 2. The van der Waals surface area contributed by atoms with Crippen molar-refractivity contribution in [3.05, 3.63) is 80.0 Å². The fraction of sp³-hybridized carbons (Fsp3) is 0.513. The average Bonchev–Trinajstić information content (AvgIpc) is 3.08. The zero-order chi connectivity index (χ0) is 37.8. The molecule has 12 heteroatoms. The summed E-state index contributed by atoms with van der Waals surface area (Å²) in [6.07, 6.45) is 14.3. The molecule has 0 unspecified atom stereocenters. The zero-order valence-electron chi connectivity index (χ0n) is 31.5. The molecule has 0 fully saturated rings. The first-order valence-corrected chi connectivity index (χ1v) is 18.2. The molecule has 2 aromatic rings. The van der Waals surface area contributed by atoms with Gasteiger partial charge in [-0.1, -0.05) is 38.2 Å². The molecule has 0 aliphatic carbocycles. The van der Waals surface area contributed by atoms with Gasteiger partial charge in [0.1, 0.15) is 6.29 Å². The molecule has 0 spiro atoms. The molecule has 0 bridgehead atoms. The molecule has 2 amide bonds. The molecule has 0 radical (unpaired) electrons. The molecule has 1 heterocycles. The van der Waals surface area contributed by atoms with E-state index in [1.807, 2.05) is 70.7 Å². The van der Waals surface area contributed by atoms with E-state index in [4.69, 9.17) is 11.1 Å². The van der Waals surface area contributed by atoms with E-state index in [0.29, 0.717) is 60.7 Å². The second-order valence-corrected chi connectivity index (χ2v) is 13.2. The number of likely N-dealkylation sites (N-methyl/N-ethyl adjacent to an activating group) is 1. The van der Waals surface area contributed by atoms with Crippen molar-refractivity contribution in [2.75, 3.05) is 25.0 Å². The van der Waals surface area contributed by atoms with E-state index < -0.39 is 0 Å². The van der Waals surface area contributed by atoms with Crippen LogP contribution in [-0.4, -0.2) is 59.9 Å². The van der Waals surface area contributed by atoms with Crippen molar-refractivity contribution in [2.45, 2.75) is 112 Å². The highest BCUT2D eigenvalue weighted by molar-refractivity contribution is 6.06. The normalized spacial score (nSPS) is 11.7. The Morgan fingerprint density at radius 2 is 1.71 bits per heavy atom. The van der Waals surface area contributed by atoms with Crippen LogP contribution in [0.2, 0.25) is 0 Å². The highest BCUT2D eigenvalue weighted by Crippen LogP contribution is 2.27. The van der Waals surface area contributed by atoms with E-state index in [1.54, 1.807) is 6.07 Å². The maximum Gasteiger partial charge on any atom is 0.253 e. The van der Waals surface area contributed by atoms with E-state index in [-0.39, 0.29) is 30.0 Å². The molecular weight excluding hydrogens is 644 g/mol. The van der Waals surface area contributed by atoms with Crippen molar-refractivity contribution in [1.29, 1.82) is 5.41 Å². The topological polar surface area (TPSA) is 185 Å². The molecule has 1 aromatic carbocycles. The summed E-state index contributed by atoms with van der Waals surface area (Å²) in [4.78, 5) is 53.4. The van der Waals surface area contributed by atoms with Gasteiger partial charge in [0.15, 0.2) is 0 Å². The lowest BCUT2D eigenvalue weighted by Gasteiger charge is -2.23. The number of benzene rings is 1. The van der Waals surface area contributed by atoms with Crippen molar-refractivity contribution in [1.82, 2.24) is 26.1 Å². The summed E-state index contributed by atoms with van der Waals surface area (Å²) in [5.74, 6) is 0.141. The number of carbonyl (C=O) groups is 3. The van der Waals surface area contributed by atoms with Gasteiger partial charge in [0.25, 0.3) is 11.5 Å². The van der Waals surface area contributed by atoms with Crippen molar-refractivity contribution in [3.63, 3.8) is 0 Å². The lowest BCUT2D eigenvalue weighted by atomic mass is 9.96. The van der Waals surface area contributed by atoms with Crippen LogP contribution in [0.5, 0.6) is 0 Å². The third-order valence-electron chi connectivity index (χ3n) is 8.60. The van der Waals surface area contributed by atoms with E-state index in [1.165, 1.54) is 6.21 Å². The smallest absolute Gasteiger partial charge is 0.253 e. The monoisotopic (exact) mass is 704 g/mol. The highest BCUT2D eigenvalue weighted by Gasteiger charge is 2.18. The first-order chi connectivity index (χ1) is 24.4. The maximum absolute atomic E-state index is 13.5. The Morgan fingerprint density at radius 3 is 2.33 bits per heavy atom. The van der Waals surface area contributed by atoms with Gasteiger partial charge in [0, 0.05) is 73.8 Å². The number of carbonyl (C=O) groups excluding carboxylic acids is 3. The number of allylic oxidation sites excluding steroid dienone is 3. The number of unbranched alkanes of at least 4 members (excludes halogenated alkanes) is 7. The second kappa shape index (κ2) is 22.9. The largest absolute Gasteiger partial charge is 0.385 e. The number of pyridine rings is 1. The highest BCUT2D eigenvalue weighted by atomic mass is 16.2. The number of rotatable bonds is 24. The van der Waals surface area contributed by atoms with Crippen LogP contribution in [0.15, 0.2) is 41.0 Å². The summed E-state index contributed by atoms with van der Waals surface area (Å²) < 4.78 is 0. The summed E-state index contributed by atoms with van der Waals surface area (Å²) >= 11 is 0. The predicted molar refractivity (Wildman–Crippen MR) is 208 cm³/mol. The number of anilines is 1. The quantitative estimate of drug-likeness (QED) is 0.0242. The number of hydrogen-bond acceptors (Lipinski definition) is 9. The Hall–Kier alpha value is -4.71. The summed E-state index contributed by atoms with van der Waals surface area (Å²) in [7, 11) is 0. The zero-order valence-corrected chi connectivity index (χ0v) is 31.5. The Morgan fingerprint density at radius 1 is 1.02 bits per heavy atom. The summed E-state index contributed by atoms with van der Waals surface area (Å²) in [6, 6.07) is 5.60. The Bertz CT molecular complexity index is 1580. The average molecular weight is 705 g/mol. The molecule has 2 rings (SSSR count). The van der Waals surface area contributed by atoms with Gasteiger partial charge in [-0.05, 0) is 95.4 Å². The standard InChI is InChI=1S/C39H60N8O4/c1-7-47(20-19-43-46-37(49)16-14-12-10-8-9-11-13-15-21-48)36(41)18-17-28(4)31-23-32(33(25-40)35(24-31)44-27(2)3)38(50)42-26-34-29(5)22-30(6)45-39(34)51/h17-18,21-25,27,40,43-44H,7-16,19-20,26,41H2,1-6H3,(H,42,50)(H,45,51)(H,46,49)/b28-17+,36-18+,40-25?. The molecule has 0 atom stereocenters. The summed E-state index contributed by atoms with van der Waals surface area (Å²) in [5.41, 5.74) is 17.1. The molecule has 0 saturated heterocycles. The van der Waals surface area contributed by atoms with Crippen LogP contribution in [0.25, 0.3) is 5.57 Å². The minimum atomic E-state index is -0.389. The number of aldehydes is 1. The fourth-order valence-corrected chi connectivity index (χ4v) is 5.71. The van der Waals surface area contributed by atoms with Crippen molar-refractivity contribution in [2.24, 2.45) is 5.73 Å². The minimum Gasteiger partial charge on any atom is -0.385 e. The van der Waals surface area contributed by atoms with Gasteiger partial charge in [-0.25, -0.2) is 5.43 Å². The van der Waals surface area contributed by atoms with Gasteiger partial charge < -0.3 is 36.5 Å². The third kappa shape index (κ3) is 15.0. The van der Waals surface area contributed by atoms with Gasteiger partial charge in [0.05, 0.1) is 11.4 Å². The lowest BCUT2D eigenvalue weighted by molar-refractivity contribution is -0.122. The van der Waals surface area contributed by atoms with Crippen molar-refractivity contribution < 1.29 is 14.4 Å². The maximum atomic E-state index is 13.5. The van der Waals surface area contributed by atoms with Crippen LogP contribution < -0.4 is 32.8 Å². The lowest BCUT2D eigenvalue weighted by Crippen LogP contribution is -2.42. The van der Waals surface area contributed by atoms with E-state index in [9.17, 15) is 19.2 Å². The molecule has 0 saturated carbocycles. The SMILES string of the molecule is CCN(CCNNC(=O)CCCCCCCCCC=O)/C(N)=C/C=C(\C)c1cc(NC(C)C)c(C=N)c(C(=O)NCc2c(C)cc(C)[nH]c2=O)c1. The van der Waals surface area contributed by atoms with Crippen LogP contribution in [0.1, 0.15) is 124 Å². The number of nitrogens with one attached hydrogen (secondary N) is 6. The number of hydrazine groups is 1. The molecular formula is C39H60N8O4. The number of hydrogen-bond donors (Lipinski definition) is 7. The fourth-order valence-electron chi connectivity index (χ4n) is 5.71. The van der Waals surface area contributed by atoms with E-state index in [2.05, 4.69) is 26.5 Å². The molecule has 12 nitrogen and oxygen atoms in total. The van der Waals surface area contributed by atoms with Crippen LogP contribution in [-0.2, 0) is 16.1 Å². The van der Waals surface area contributed by atoms with Gasteiger partial charge >= 0.3 is 0 Å². The number of nitrogens with zero attached hydrogens (tertiary/aromatic N) is 1. The summed E-state index contributed by atoms with van der Waals surface area (Å²) in [6.45, 7) is 13.4. The Kier molecular flexibility index (Phi) is 19.1. The first-order valence-electron chi connectivity index (χ1n) is 18.2. The van der Waals surface area contributed by atoms with Gasteiger partial charge in [-0.2, -0.15) is 0 Å². The van der Waals surface area contributed by atoms with Crippen molar-refractivity contribution >= 4 is 35.6 Å². The number of aromatic nitrogens is 1. The van der Waals surface area contributed by atoms with Crippen LogP contribution in [0.3, 0.4) is 0 Å². The minimum absolute atomic E-state index is 0.0292. The Labute approximate surface area is 303 Å². The number of amides is 2. The predicted octanol–water partition coefficient (Wildman–Crippen LogP) is 5.60. The molecule has 280 valence electrons. The number of H-pyrrole nitrogens is 1. The van der Waals surface area contributed by atoms with Gasteiger partial charge in [-0.3, -0.25) is 19.8 Å². The molecule has 0 aliphatic heterocycles.